The van der Waals surface area contributed by atoms with Crippen molar-refractivity contribution in [1.82, 2.24) is 20.4 Å². The predicted octanol–water partition coefficient (Wildman–Crippen LogP) is 1.45. The van der Waals surface area contributed by atoms with E-state index in [-0.39, 0.29) is 24.0 Å². The average molecular weight is 411 g/mol. The zero-order valence-corrected chi connectivity index (χ0v) is 16.5. The van der Waals surface area contributed by atoms with Crippen molar-refractivity contribution in [2.24, 2.45) is 10.9 Å². The Morgan fingerprint density at radius 3 is 2.24 bits per heavy atom. The fraction of sp³-hybridized carbons (Fsp3) is 0.933. The Balaban J connectivity index is 0.00000400. The lowest BCUT2D eigenvalue weighted by Gasteiger charge is -2.35. The summed E-state index contributed by atoms with van der Waals surface area (Å²) in [7, 11) is 1.83. The van der Waals surface area contributed by atoms with E-state index in [1.807, 2.05) is 7.05 Å². The SMILES string of the molecule is CCCNC(=NC)NCC(C)CN1CCN(CC)CC1.I. The molecule has 1 unspecified atom stereocenters. The van der Waals surface area contributed by atoms with Gasteiger partial charge in [-0.05, 0) is 18.9 Å². The Kier molecular flexibility index (Phi) is 12.4. The van der Waals surface area contributed by atoms with Crippen LogP contribution in [0.25, 0.3) is 0 Å². The smallest absolute Gasteiger partial charge is 0.190 e. The summed E-state index contributed by atoms with van der Waals surface area (Å²) in [6, 6.07) is 0. The number of rotatable bonds is 7. The van der Waals surface area contributed by atoms with Gasteiger partial charge in [0.05, 0.1) is 0 Å². The minimum Gasteiger partial charge on any atom is -0.356 e. The number of halogens is 1. The van der Waals surface area contributed by atoms with Gasteiger partial charge < -0.3 is 20.4 Å². The van der Waals surface area contributed by atoms with Gasteiger partial charge in [-0.2, -0.15) is 0 Å². The van der Waals surface area contributed by atoms with Crippen LogP contribution in [0.3, 0.4) is 0 Å². The molecule has 0 aliphatic carbocycles. The van der Waals surface area contributed by atoms with Crippen LogP contribution < -0.4 is 10.6 Å². The fourth-order valence-electron chi connectivity index (χ4n) is 2.53. The highest BCUT2D eigenvalue weighted by Gasteiger charge is 2.17. The third kappa shape index (κ3) is 8.83. The van der Waals surface area contributed by atoms with Crippen molar-refractivity contribution >= 4 is 29.9 Å². The van der Waals surface area contributed by atoms with Crippen LogP contribution in [-0.4, -0.2) is 75.2 Å². The Morgan fingerprint density at radius 1 is 1.10 bits per heavy atom. The lowest BCUT2D eigenvalue weighted by Crippen LogP contribution is -2.48. The van der Waals surface area contributed by atoms with E-state index in [4.69, 9.17) is 0 Å². The van der Waals surface area contributed by atoms with Crippen LogP contribution in [0.5, 0.6) is 0 Å². The fourth-order valence-corrected chi connectivity index (χ4v) is 2.53. The van der Waals surface area contributed by atoms with Gasteiger partial charge in [0.1, 0.15) is 0 Å². The van der Waals surface area contributed by atoms with Crippen LogP contribution >= 0.6 is 24.0 Å². The standard InChI is InChI=1S/C15H33N5.HI/c1-5-7-17-15(16-4)18-12-14(3)13-20-10-8-19(6-2)9-11-20;/h14H,5-13H2,1-4H3,(H2,16,17,18);1H. The molecule has 0 aromatic carbocycles. The lowest BCUT2D eigenvalue weighted by atomic mass is 10.1. The topological polar surface area (TPSA) is 42.9 Å². The molecular weight excluding hydrogens is 377 g/mol. The normalized spacial score (nSPS) is 19.0. The second-order valence-corrected chi connectivity index (χ2v) is 5.72. The largest absolute Gasteiger partial charge is 0.356 e. The van der Waals surface area contributed by atoms with Gasteiger partial charge in [0.2, 0.25) is 0 Å². The number of likely N-dealkylation sites (N-methyl/N-ethyl adjacent to an activating group) is 1. The first-order valence-corrected chi connectivity index (χ1v) is 8.08. The van der Waals surface area contributed by atoms with Crippen LogP contribution in [0.1, 0.15) is 27.2 Å². The number of hydrogen-bond acceptors (Lipinski definition) is 3. The van der Waals surface area contributed by atoms with E-state index in [0.29, 0.717) is 5.92 Å². The van der Waals surface area contributed by atoms with Crippen LogP contribution in [0.15, 0.2) is 4.99 Å². The molecule has 6 heteroatoms. The van der Waals surface area contributed by atoms with E-state index in [0.717, 1.165) is 25.5 Å². The van der Waals surface area contributed by atoms with E-state index in [2.05, 4.69) is 46.2 Å². The molecule has 126 valence electrons. The maximum atomic E-state index is 4.24. The van der Waals surface area contributed by atoms with Crippen molar-refractivity contribution < 1.29 is 0 Å². The summed E-state index contributed by atoms with van der Waals surface area (Å²) in [5, 5.41) is 6.73. The Labute approximate surface area is 148 Å². The molecule has 1 fully saturated rings. The number of guanidine groups is 1. The van der Waals surface area contributed by atoms with Crippen LogP contribution in [0.4, 0.5) is 0 Å². The molecule has 0 aromatic heterocycles. The van der Waals surface area contributed by atoms with Gasteiger partial charge >= 0.3 is 0 Å². The molecule has 1 heterocycles. The van der Waals surface area contributed by atoms with Crippen LogP contribution in [-0.2, 0) is 0 Å². The molecule has 21 heavy (non-hydrogen) atoms. The molecule has 0 saturated carbocycles. The number of hydrogen-bond donors (Lipinski definition) is 2. The zero-order chi connectivity index (χ0) is 14.8. The van der Waals surface area contributed by atoms with Gasteiger partial charge in [-0.25, -0.2) is 0 Å². The minimum atomic E-state index is 0. The molecule has 1 atom stereocenters. The summed E-state index contributed by atoms with van der Waals surface area (Å²) in [6.45, 7) is 15.9. The highest BCUT2D eigenvalue weighted by Crippen LogP contribution is 2.04. The first-order valence-electron chi connectivity index (χ1n) is 8.08. The molecule has 5 nitrogen and oxygen atoms in total. The lowest BCUT2D eigenvalue weighted by molar-refractivity contribution is 0.124. The van der Waals surface area contributed by atoms with Gasteiger partial charge in [0, 0.05) is 52.9 Å². The molecule has 1 aliphatic rings. The molecule has 0 radical (unpaired) electrons. The summed E-state index contributed by atoms with van der Waals surface area (Å²) >= 11 is 0. The third-order valence-electron chi connectivity index (χ3n) is 3.87. The van der Waals surface area contributed by atoms with E-state index >= 15 is 0 Å². The van der Waals surface area contributed by atoms with Gasteiger partial charge in [-0.15, -0.1) is 24.0 Å². The third-order valence-corrected chi connectivity index (χ3v) is 3.87. The van der Waals surface area contributed by atoms with E-state index < -0.39 is 0 Å². The van der Waals surface area contributed by atoms with E-state index in [1.165, 1.54) is 39.3 Å². The van der Waals surface area contributed by atoms with Gasteiger partial charge in [-0.3, -0.25) is 4.99 Å². The molecule has 0 bridgehead atoms. The van der Waals surface area contributed by atoms with Crippen molar-refractivity contribution in [3.63, 3.8) is 0 Å². The van der Waals surface area contributed by atoms with Crippen molar-refractivity contribution in [2.45, 2.75) is 27.2 Å². The summed E-state index contributed by atoms with van der Waals surface area (Å²) in [5.41, 5.74) is 0. The molecule has 1 rings (SSSR count). The van der Waals surface area contributed by atoms with Crippen LogP contribution in [0, 0.1) is 5.92 Å². The minimum absolute atomic E-state index is 0. The van der Waals surface area contributed by atoms with E-state index in [1.54, 1.807) is 0 Å². The molecule has 0 amide bonds. The molecular formula is C15H34IN5. The zero-order valence-electron chi connectivity index (χ0n) is 14.2. The second-order valence-electron chi connectivity index (χ2n) is 5.72. The van der Waals surface area contributed by atoms with E-state index in [9.17, 15) is 0 Å². The van der Waals surface area contributed by atoms with Crippen LogP contribution in [0.2, 0.25) is 0 Å². The number of nitrogens with zero attached hydrogens (tertiary/aromatic N) is 3. The Morgan fingerprint density at radius 2 is 1.71 bits per heavy atom. The van der Waals surface area contributed by atoms with Gasteiger partial charge in [0.15, 0.2) is 5.96 Å². The highest BCUT2D eigenvalue weighted by atomic mass is 127. The monoisotopic (exact) mass is 411 g/mol. The number of piperazine rings is 1. The van der Waals surface area contributed by atoms with Crippen molar-refractivity contribution in [1.29, 1.82) is 0 Å². The summed E-state index contributed by atoms with van der Waals surface area (Å²) in [6.07, 6.45) is 1.12. The maximum absolute atomic E-state index is 4.24. The first-order chi connectivity index (χ1) is 9.69. The molecule has 0 aromatic rings. The number of nitrogens with one attached hydrogen (secondary N) is 2. The quantitative estimate of drug-likeness (QED) is 0.378. The van der Waals surface area contributed by atoms with Crippen molar-refractivity contribution in [3.05, 3.63) is 0 Å². The summed E-state index contributed by atoms with van der Waals surface area (Å²) in [5.74, 6) is 1.57. The maximum Gasteiger partial charge on any atom is 0.190 e. The summed E-state index contributed by atoms with van der Waals surface area (Å²) < 4.78 is 0. The van der Waals surface area contributed by atoms with Crippen molar-refractivity contribution in [2.75, 3.05) is 59.4 Å². The van der Waals surface area contributed by atoms with Gasteiger partial charge in [0.25, 0.3) is 0 Å². The number of aliphatic imine (C=N–C) groups is 1. The van der Waals surface area contributed by atoms with Gasteiger partial charge in [-0.1, -0.05) is 20.8 Å². The molecule has 1 saturated heterocycles. The Hall–Kier alpha value is -0.0800. The molecule has 1 aliphatic heterocycles. The van der Waals surface area contributed by atoms with Crippen molar-refractivity contribution in [3.8, 4) is 0 Å². The predicted molar refractivity (Wildman–Crippen MR) is 103 cm³/mol. The average Bonchev–Trinajstić information content (AvgIpc) is 2.48. The molecule has 0 spiro atoms. The highest BCUT2D eigenvalue weighted by molar-refractivity contribution is 14.0. The Bertz CT molecular complexity index is 277. The first kappa shape index (κ1) is 20.9. The second kappa shape index (κ2) is 12.5. The molecule has 2 N–H and O–H groups in total. The summed E-state index contributed by atoms with van der Waals surface area (Å²) in [4.78, 5) is 9.35.